The van der Waals surface area contributed by atoms with Gasteiger partial charge in [-0.25, -0.2) is 0 Å². The van der Waals surface area contributed by atoms with Gasteiger partial charge in [0, 0.05) is 6.04 Å². The predicted molar refractivity (Wildman–Crippen MR) is 78.1 cm³/mol. The Morgan fingerprint density at radius 2 is 1.77 bits per heavy atom. The highest BCUT2D eigenvalue weighted by molar-refractivity contribution is 5.85. The van der Waals surface area contributed by atoms with Gasteiger partial charge in [0.25, 0.3) is 0 Å². The van der Waals surface area contributed by atoms with Crippen LogP contribution in [0, 0.1) is 5.92 Å². The first-order valence-corrected chi connectivity index (χ1v) is 6.30. The van der Waals surface area contributed by atoms with Gasteiger partial charge in [0.15, 0.2) is 0 Å². The van der Waals surface area contributed by atoms with Gasteiger partial charge < -0.3 is 15.2 Å². The van der Waals surface area contributed by atoms with Gasteiger partial charge in [-0.3, -0.25) is 4.79 Å². The van der Waals surface area contributed by atoms with Gasteiger partial charge in [-0.05, 0) is 24.1 Å². The van der Waals surface area contributed by atoms with E-state index in [2.05, 4.69) is 4.74 Å². The number of benzene rings is 1. The fourth-order valence-corrected chi connectivity index (χ4v) is 1.99. The normalized spacial score (nSPS) is 13.7. The van der Waals surface area contributed by atoms with Crippen molar-refractivity contribution in [1.82, 2.24) is 0 Å². The highest BCUT2D eigenvalue weighted by atomic mass is 35.5. The molecule has 8 heteroatoms. The number of rotatable bonds is 6. The summed E-state index contributed by atoms with van der Waals surface area (Å²) >= 11 is 0. The molecule has 2 atom stereocenters. The lowest BCUT2D eigenvalue weighted by molar-refractivity contribution is -0.153. The number of carbonyl (C=O) groups is 1. The number of carbonyl (C=O) groups excluding carboxylic acids is 1. The number of halogens is 4. The monoisotopic (exact) mass is 341 g/mol. The molecule has 22 heavy (non-hydrogen) atoms. The molecule has 0 aliphatic heterocycles. The maximum atomic E-state index is 12.4. The molecule has 0 saturated carbocycles. The van der Waals surface area contributed by atoms with Crippen molar-refractivity contribution in [3.8, 4) is 5.75 Å². The first kappa shape index (κ1) is 20.5. The van der Waals surface area contributed by atoms with Crippen LogP contribution in [0.2, 0.25) is 0 Å². The van der Waals surface area contributed by atoms with E-state index in [0.717, 1.165) is 7.11 Å². The van der Waals surface area contributed by atoms with Crippen LogP contribution in [0.25, 0.3) is 0 Å². The molecule has 1 aromatic carbocycles. The van der Waals surface area contributed by atoms with Crippen LogP contribution in [0.3, 0.4) is 0 Å². The second-order valence-corrected chi connectivity index (χ2v) is 4.67. The van der Waals surface area contributed by atoms with Gasteiger partial charge in [-0.15, -0.1) is 12.4 Å². The van der Waals surface area contributed by atoms with Gasteiger partial charge in [0.2, 0.25) is 0 Å². The average molecular weight is 342 g/mol. The van der Waals surface area contributed by atoms with Crippen LogP contribution in [-0.4, -0.2) is 32.4 Å². The molecule has 0 heterocycles. The predicted octanol–water partition coefficient (Wildman–Crippen LogP) is 2.73. The zero-order valence-electron chi connectivity index (χ0n) is 12.2. The third-order valence-corrected chi connectivity index (χ3v) is 3.10. The Labute approximate surface area is 133 Å². The fraction of sp³-hybridized carbons (Fsp3) is 0.500. The highest BCUT2D eigenvalue weighted by Gasteiger charge is 2.37. The molecule has 0 aliphatic carbocycles. The summed E-state index contributed by atoms with van der Waals surface area (Å²) in [6.45, 7) is 0. The lowest BCUT2D eigenvalue weighted by Crippen LogP contribution is -2.40. The number of methoxy groups -OCH3 is 2. The minimum atomic E-state index is -4.43. The zero-order valence-corrected chi connectivity index (χ0v) is 13.0. The summed E-state index contributed by atoms with van der Waals surface area (Å²) in [5.74, 6) is -1.18. The van der Waals surface area contributed by atoms with Crippen molar-refractivity contribution in [2.75, 3.05) is 14.2 Å². The lowest BCUT2D eigenvalue weighted by Gasteiger charge is -2.22. The Hall–Kier alpha value is -1.47. The van der Waals surface area contributed by atoms with Crippen LogP contribution in [0.1, 0.15) is 12.0 Å². The van der Waals surface area contributed by atoms with Gasteiger partial charge in [0.1, 0.15) is 5.75 Å². The minimum absolute atomic E-state index is 0. The molecule has 2 N–H and O–H groups in total. The highest BCUT2D eigenvalue weighted by Crippen LogP contribution is 2.26. The number of hydrogen-bond acceptors (Lipinski definition) is 4. The first-order valence-electron chi connectivity index (χ1n) is 6.30. The summed E-state index contributed by atoms with van der Waals surface area (Å²) in [4.78, 5) is 11.7. The molecule has 1 aromatic rings. The number of hydrogen-bond donors (Lipinski definition) is 1. The van der Waals surface area contributed by atoms with Gasteiger partial charge in [0.05, 0.1) is 26.6 Å². The van der Waals surface area contributed by atoms with E-state index in [0.29, 0.717) is 11.3 Å². The number of nitrogens with two attached hydrogens (primary N) is 1. The smallest absolute Gasteiger partial charge is 0.390 e. The largest absolute Gasteiger partial charge is 0.497 e. The standard InChI is InChI=1S/C14H18F3NO3.ClH/c1-20-10-5-3-9(4-6-10)7-11(13(19)21-2)12(18)8-14(15,16)17;/h3-6,11-12H,7-8,18H2,1-2H3;1H. The maximum absolute atomic E-state index is 12.4. The SMILES string of the molecule is COC(=O)C(Cc1ccc(OC)cc1)C(N)CC(F)(F)F.Cl. The summed E-state index contributed by atoms with van der Waals surface area (Å²) in [5.41, 5.74) is 6.22. The summed E-state index contributed by atoms with van der Waals surface area (Å²) in [6.07, 6.45) is -5.58. The van der Waals surface area contributed by atoms with Crippen LogP contribution in [0.15, 0.2) is 24.3 Å². The van der Waals surface area contributed by atoms with Crippen molar-refractivity contribution in [2.45, 2.75) is 25.1 Å². The topological polar surface area (TPSA) is 61.5 Å². The fourth-order valence-electron chi connectivity index (χ4n) is 1.99. The molecule has 1 rings (SSSR count). The molecule has 0 bridgehead atoms. The van der Waals surface area contributed by atoms with E-state index >= 15 is 0 Å². The van der Waals surface area contributed by atoms with E-state index in [1.807, 2.05) is 0 Å². The van der Waals surface area contributed by atoms with Crippen molar-refractivity contribution < 1.29 is 27.4 Å². The average Bonchev–Trinajstić information content (AvgIpc) is 2.42. The molecular weight excluding hydrogens is 323 g/mol. The van der Waals surface area contributed by atoms with E-state index in [4.69, 9.17) is 10.5 Å². The summed E-state index contributed by atoms with van der Waals surface area (Å²) in [5, 5.41) is 0. The van der Waals surface area contributed by atoms with Crippen LogP contribution in [-0.2, 0) is 16.0 Å². The Kier molecular flexibility index (Phi) is 8.26. The maximum Gasteiger partial charge on any atom is 0.390 e. The summed E-state index contributed by atoms with van der Waals surface area (Å²) < 4.78 is 46.8. The molecule has 0 fully saturated rings. The third-order valence-electron chi connectivity index (χ3n) is 3.10. The number of alkyl halides is 3. The Morgan fingerprint density at radius 3 is 2.18 bits per heavy atom. The molecule has 0 aromatic heterocycles. The van der Waals surface area contributed by atoms with Crippen LogP contribution in [0.4, 0.5) is 13.2 Å². The third kappa shape index (κ3) is 6.53. The van der Waals surface area contributed by atoms with Gasteiger partial charge in [-0.1, -0.05) is 12.1 Å². The molecule has 126 valence electrons. The van der Waals surface area contributed by atoms with Crippen molar-refractivity contribution in [3.05, 3.63) is 29.8 Å². The number of ether oxygens (including phenoxy) is 2. The van der Waals surface area contributed by atoms with Gasteiger partial charge in [-0.2, -0.15) is 13.2 Å². The second-order valence-electron chi connectivity index (χ2n) is 4.67. The van der Waals surface area contributed by atoms with Gasteiger partial charge >= 0.3 is 12.1 Å². The summed E-state index contributed by atoms with van der Waals surface area (Å²) in [7, 11) is 2.63. The van der Waals surface area contributed by atoms with Crippen molar-refractivity contribution in [1.29, 1.82) is 0 Å². The van der Waals surface area contributed by atoms with Crippen molar-refractivity contribution >= 4 is 18.4 Å². The molecule has 0 amide bonds. The van der Waals surface area contributed by atoms with Crippen LogP contribution < -0.4 is 10.5 Å². The Morgan fingerprint density at radius 1 is 1.23 bits per heavy atom. The lowest BCUT2D eigenvalue weighted by atomic mass is 9.90. The van der Waals surface area contributed by atoms with Crippen LogP contribution in [0.5, 0.6) is 5.75 Å². The van der Waals surface area contributed by atoms with E-state index in [-0.39, 0.29) is 18.8 Å². The van der Waals surface area contributed by atoms with Crippen molar-refractivity contribution in [2.24, 2.45) is 11.7 Å². The second kappa shape index (κ2) is 8.85. The molecule has 0 spiro atoms. The Bertz CT molecular complexity index is 465. The first-order chi connectivity index (χ1) is 9.76. The molecule has 2 unspecified atom stereocenters. The van der Waals surface area contributed by atoms with Crippen molar-refractivity contribution in [3.63, 3.8) is 0 Å². The Balaban J connectivity index is 0.00000441. The molecule has 4 nitrogen and oxygen atoms in total. The van der Waals surface area contributed by atoms with E-state index in [1.54, 1.807) is 24.3 Å². The van der Waals surface area contributed by atoms with E-state index in [9.17, 15) is 18.0 Å². The summed E-state index contributed by atoms with van der Waals surface area (Å²) in [6, 6.07) is 5.33. The van der Waals surface area contributed by atoms with E-state index in [1.165, 1.54) is 7.11 Å². The number of esters is 1. The quantitative estimate of drug-likeness (QED) is 0.808. The molecule has 0 radical (unpaired) electrons. The minimum Gasteiger partial charge on any atom is -0.497 e. The van der Waals surface area contributed by atoms with Crippen LogP contribution >= 0.6 is 12.4 Å². The zero-order chi connectivity index (χ0) is 16.0. The molecule has 0 aliphatic rings. The van der Waals surface area contributed by atoms with E-state index < -0.39 is 30.5 Å². The molecule has 0 saturated heterocycles. The molecular formula is C14H19ClF3NO3.